The first kappa shape index (κ1) is 15.5. The summed E-state index contributed by atoms with van der Waals surface area (Å²) in [6.07, 6.45) is 0.803. The quantitative estimate of drug-likeness (QED) is 0.794. The minimum Gasteiger partial charge on any atom is -0.326 e. The SMILES string of the molecule is CCC(N)C(Sc1ccc(F)cc1F)c1sccc1C. The van der Waals surface area contributed by atoms with Gasteiger partial charge in [-0.25, -0.2) is 8.78 Å². The zero-order valence-corrected chi connectivity index (χ0v) is 13.0. The third kappa shape index (κ3) is 3.40. The molecule has 2 unspecified atom stereocenters. The Balaban J connectivity index is 2.31. The molecular formula is C15H17F2NS2. The molecule has 0 spiro atoms. The maximum atomic E-state index is 13.8. The molecule has 2 atom stereocenters. The van der Waals surface area contributed by atoms with Crippen LogP contribution >= 0.6 is 23.1 Å². The van der Waals surface area contributed by atoms with E-state index < -0.39 is 11.6 Å². The molecule has 5 heteroatoms. The van der Waals surface area contributed by atoms with E-state index in [0.717, 1.165) is 17.4 Å². The molecule has 0 aliphatic rings. The maximum Gasteiger partial charge on any atom is 0.139 e. The molecule has 0 amide bonds. The zero-order chi connectivity index (χ0) is 14.7. The fourth-order valence-electron chi connectivity index (χ4n) is 1.93. The summed E-state index contributed by atoms with van der Waals surface area (Å²) in [6.45, 7) is 4.05. The van der Waals surface area contributed by atoms with Crippen LogP contribution in [0.15, 0.2) is 34.5 Å². The Labute approximate surface area is 126 Å². The van der Waals surface area contributed by atoms with Gasteiger partial charge >= 0.3 is 0 Å². The lowest BCUT2D eigenvalue weighted by Gasteiger charge is -2.22. The summed E-state index contributed by atoms with van der Waals surface area (Å²) in [5.74, 6) is -1.09. The van der Waals surface area contributed by atoms with Crippen molar-refractivity contribution < 1.29 is 8.78 Å². The standard InChI is InChI=1S/C15H17F2NS2/c1-3-12(18)15(14-9(2)6-7-19-14)20-13-5-4-10(16)8-11(13)17/h4-8,12,15H,3,18H2,1-2H3. The third-order valence-electron chi connectivity index (χ3n) is 3.17. The van der Waals surface area contributed by atoms with Crippen LogP contribution in [0.2, 0.25) is 0 Å². The third-order valence-corrected chi connectivity index (χ3v) is 5.84. The van der Waals surface area contributed by atoms with E-state index >= 15 is 0 Å². The Morgan fingerprint density at radius 1 is 1.30 bits per heavy atom. The van der Waals surface area contributed by atoms with Gasteiger partial charge in [0, 0.05) is 21.9 Å². The number of hydrogen-bond acceptors (Lipinski definition) is 3. The highest BCUT2D eigenvalue weighted by Crippen LogP contribution is 2.42. The smallest absolute Gasteiger partial charge is 0.139 e. The summed E-state index contributed by atoms with van der Waals surface area (Å²) < 4.78 is 26.8. The molecule has 1 aromatic heterocycles. The lowest BCUT2D eigenvalue weighted by atomic mass is 10.1. The van der Waals surface area contributed by atoms with Crippen LogP contribution < -0.4 is 5.73 Å². The van der Waals surface area contributed by atoms with Crippen LogP contribution in [-0.4, -0.2) is 6.04 Å². The number of hydrogen-bond donors (Lipinski definition) is 1. The van der Waals surface area contributed by atoms with E-state index in [1.807, 2.05) is 25.3 Å². The molecule has 0 aliphatic heterocycles. The van der Waals surface area contributed by atoms with Crippen LogP contribution in [0, 0.1) is 18.6 Å². The molecule has 0 bridgehead atoms. The average molecular weight is 313 g/mol. The lowest BCUT2D eigenvalue weighted by molar-refractivity contribution is 0.564. The number of halogens is 2. The average Bonchev–Trinajstić information content (AvgIpc) is 2.83. The Morgan fingerprint density at radius 3 is 2.60 bits per heavy atom. The number of nitrogens with two attached hydrogens (primary N) is 1. The predicted molar refractivity (Wildman–Crippen MR) is 82.3 cm³/mol. The molecule has 1 heterocycles. The van der Waals surface area contributed by atoms with E-state index in [1.165, 1.54) is 29.5 Å². The van der Waals surface area contributed by atoms with E-state index in [1.54, 1.807) is 11.3 Å². The molecule has 0 fully saturated rings. The van der Waals surface area contributed by atoms with Crippen LogP contribution in [0.1, 0.15) is 29.0 Å². The summed E-state index contributed by atoms with van der Waals surface area (Å²) in [7, 11) is 0. The second-order valence-electron chi connectivity index (χ2n) is 4.65. The van der Waals surface area contributed by atoms with Gasteiger partial charge in [0.25, 0.3) is 0 Å². The summed E-state index contributed by atoms with van der Waals surface area (Å²) >= 11 is 3.00. The molecule has 0 saturated carbocycles. The molecule has 1 nitrogen and oxygen atoms in total. The van der Waals surface area contributed by atoms with Gasteiger partial charge in [0.15, 0.2) is 0 Å². The number of thiophene rings is 1. The van der Waals surface area contributed by atoms with Crippen molar-refractivity contribution in [1.29, 1.82) is 0 Å². The van der Waals surface area contributed by atoms with Gasteiger partial charge in [-0.2, -0.15) is 0 Å². The first-order chi connectivity index (χ1) is 9.52. The number of benzene rings is 1. The van der Waals surface area contributed by atoms with Gasteiger partial charge in [0.2, 0.25) is 0 Å². The van der Waals surface area contributed by atoms with Crippen molar-refractivity contribution in [1.82, 2.24) is 0 Å². The molecule has 0 aliphatic carbocycles. The van der Waals surface area contributed by atoms with Crippen molar-refractivity contribution in [2.24, 2.45) is 5.73 Å². The molecule has 108 valence electrons. The van der Waals surface area contributed by atoms with Crippen molar-refractivity contribution in [3.05, 3.63) is 51.7 Å². The second-order valence-corrected chi connectivity index (χ2v) is 6.78. The van der Waals surface area contributed by atoms with Crippen LogP contribution in [0.4, 0.5) is 8.78 Å². The van der Waals surface area contributed by atoms with Gasteiger partial charge in [-0.3, -0.25) is 0 Å². The summed E-state index contributed by atoms with van der Waals surface area (Å²) in [4.78, 5) is 1.60. The minimum absolute atomic E-state index is 0.0139. The van der Waals surface area contributed by atoms with Crippen molar-refractivity contribution in [2.75, 3.05) is 0 Å². The molecule has 1 aromatic carbocycles. The molecular weight excluding hydrogens is 296 g/mol. The first-order valence-electron chi connectivity index (χ1n) is 6.44. The fraction of sp³-hybridized carbons (Fsp3) is 0.333. The van der Waals surface area contributed by atoms with Gasteiger partial charge in [0.05, 0.1) is 5.25 Å². The summed E-state index contributed by atoms with van der Waals surface area (Å²) in [5, 5.41) is 2.00. The molecule has 2 N–H and O–H groups in total. The highest BCUT2D eigenvalue weighted by molar-refractivity contribution is 7.99. The van der Waals surface area contributed by atoms with E-state index in [0.29, 0.717) is 4.90 Å². The van der Waals surface area contributed by atoms with E-state index in [4.69, 9.17) is 5.73 Å². The Hall–Kier alpha value is -0.910. The number of rotatable bonds is 5. The highest BCUT2D eigenvalue weighted by Gasteiger charge is 2.24. The van der Waals surface area contributed by atoms with Crippen LogP contribution in [0.5, 0.6) is 0 Å². The maximum absolute atomic E-state index is 13.8. The monoisotopic (exact) mass is 313 g/mol. The lowest BCUT2D eigenvalue weighted by Crippen LogP contribution is -2.25. The molecule has 2 aromatic rings. The van der Waals surface area contributed by atoms with Crippen molar-refractivity contribution in [3.8, 4) is 0 Å². The van der Waals surface area contributed by atoms with E-state index in [-0.39, 0.29) is 11.3 Å². The molecule has 2 rings (SSSR count). The second kappa shape index (κ2) is 6.70. The van der Waals surface area contributed by atoms with Crippen LogP contribution in [-0.2, 0) is 0 Å². The van der Waals surface area contributed by atoms with Crippen molar-refractivity contribution in [3.63, 3.8) is 0 Å². The van der Waals surface area contributed by atoms with Gasteiger partial charge in [-0.1, -0.05) is 6.92 Å². The number of thioether (sulfide) groups is 1. The van der Waals surface area contributed by atoms with Crippen molar-refractivity contribution >= 4 is 23.1 Å². The van der Waals surface area contributed by atoms with Gasteiger partial charge < -0.3 is 5.73 Å². The van der Waals surface area contributed by atoms with Gasteiger partial charge in [0.1, 0.15) is 11.6 Å². The highest BCUT2D eigenvalue weighted by atomic mass is 32.2. The number of aryl methyl sites for hydroxylation is 1. The minimum atomic E-state index is -0.560. The zero-order valence-electron chi connectivity index (χ0n) is 11.4. The van der Waals surface area contributed by atoms with E-state index in [2.05, 4.69) is 0 Å². The molecule has 0 saturated heterocycles. The molecule has 20 heavy (non-hydrogen) atoms. The Kier molecular flexibility index (Phi) is 5.18. The van der Waals surface area contributed by atoms with Crippen LogP contribution in [0.3, 0.4) is 0 Å². The normalized spacial score (nSPS) is 14.2. The van der Waals surface area contributed by atoms with Crippen LogP contribution in [0.25, 0.3) is 0 Å². The van der Waals surface area contributed by atoms with Gasteiger partial charge in [-0.15, -0.1) is 23.1 Å². The first-order valence-corrected chi connectivity index (χ1v) is 8.20. The topological polar surface area (TPSA) is 26.0 Å². The van der Waals surface area contributed by atoms with E-state index in [9.17, 15) is 8.78 Å². The fourth-order valence-corrected chi connectivity index (χ4v) is 4.48. The Morgan fingerprint density at radius 2 is 2.05 bits per heavy atom. The summed E-state index contributed by atoms with van der Waals surface area (Å²) in [5.41, 5.74) is 7.36. The largest absolute Gasteiger partial charge is 0.326 e. The summed E-state index contributed by atoms with van der Waals surface area (Å²) in [6, 6.07) is 5.64. The predicted octanol–water partition coefficient (Wildman–Crippen LogP) is 4.91. The van der Waals surface area contributed by atoms with Gasteiger partial charge in [-0.05, 0) is 42.5 Å². The van der Waals surface area contributed by atoms with Crippen molar-refractivity contribution in [2.45, 2.75) is 36.5 Å². The molecule has 0 radical (unpaired) electrons. The Bertz CT molecular complexity index is 583.